The minimum Gasteiger partial charge on any atom is -0.366 e. The Bertz CT molecular complexity index is 98.3. The van der Waals surface area contributed by atoms with E-state index in [2.05, 4.69) is 4.74 Å². The molecule has 0 aliphatic heterocycles. The van der Waals surface area contributed by atoms with Gasteiger partial charge >= 0.3 is 6.18 Å². The van der Waals surface area contributed by atoms with E-state index >= 15 is 0 Å². The summed E-state index contributed by atoms with van der Waals surface area (Å²) in [5.74, 6) is 0.336. The summed E-state index contributed by atoms with van der Waals surface area (Å²) in [6.45, 7) is 3.85. The van der Waals surface area contributed by atoms with Crippen LogP contribution in [-0.2, 0) is 4.74 Å². The molecule has 0 unspecified atom stereocenters. The molecule has 0 atom stereocenters. The topological polar surface area (TPSA) is 9.23 Å². The van der Waals surface area contributed by atoms with Gasteiger partial charge in [0.1, 0.15) is 6.61 Å². The maximum Gasteiger partial charge on any atom is 0.411 e. The quantitative estimate of drug-likeness (QED) is 0.588. The van der Waals surface area contributed by atoms with Crippen LogP contribution in [0, 0.1) is 12.5 Å². The number of hydrogen-bond acceptors (Lipinski definition) is 1. The van der Waals surface area contributed by atoms with E-state index in [-0.39, 0.29) is 0 Å². The summed E-state index contributed by atoms with van der Waals surface area (Å²) in [7, 11) is 0. The summed E-state index contributed by atoms with van der Waals surface area (Å²) in [4.78, 5) is 0. The van der Waals surface area contributed by atoms with Gasteiger partial charge in [0.15, 0.2) is 0 Å². The molecule has 1 radical (unpaired) electrons. The van der Waals surface area contributed by atoms with Gasteiger partial charge in [-0.2, -0.15) is 13.2 Å². The molecule has 0 aromatic rings. The second-order valence-corrected chi connectivity index (χ2v) is 2.72. The summed E-state index contributed by atoms with van der Waals surface area (Å²) < 4.78 is 38.6. The third-order valence-corrected chi connectivity index (χ3v) is 0.932. The molecule has 0 amide bonds. The van der Waals surface area contributed by atoms with Gasteiger partial charge in [0.25, 0.3) is 0 Å². The van der Waals surface area contributed by atoms with Crippen LogP contribution >= 0.6 is 0 Å². The summed E-state index contributed by atoms with van der Waals surface area (Å²) in [6.07, 6.45) is -3.66. The van der Waals surface area contributed by atoms with Gasteiger partial charge in [-0.25, -0.2) is 0 Å². The van der Waals surface area contributed by atoms with Crippen LogP contribution in [0.15, 0.2) is 0 Å². The molecule has 0 fully saturated rings. The van der Waals surface area contributed by atoms with Crippen LogP contribution in [0.5, 0.6) is 0 Å². The van der Waals surface area contributed by atoms with E-state index < -0.39 is 12.8 Å². The molecule has 0 spiro atoms. The van der Waals surface area contributed by atoms with Crippen molar-refractivity contribution in [2.75, 3.05) is 6.61 Å². The molecule has 0 N–H and O–H groups in total. The van der Waals surface area contributed by atoms with Gasteiger partial charge in [0, 0.05) is 0 Å². The predicted molar refractivity (Wildman–Crippen MR) is 35.8 cm³/mol. The molecular weight excluding hydrogens is 157 g/mol. The van der Waals surface area contributed by atoms with Crippen LogP contribution in [0.3, 0.4) is 0 Å². The minimum absolute atomic E-state index is 0.336. The zero-order valence-corrected chi connectivity index (χ0v) is 6.61. The van der Waals surface area contributed by atoms with Gasteiger partial charge in [-0.05, 0) is 12.3 Å². The fourth-order valence-corrected chi connectivity index (χ4v) is 0.414. The van der Waals surface area contributed by atoms with E-state index in [9.17, 15) is 13.2 Å². The van der Waals surface area contributed by atoms with Gasteiger partial charge in [0.2, 0.25) is 0 Å². The van der Waals surface area contributed by atoms with Crippen molar-refractivity contribution < 1.29 is 17.9 Å². The lowest BCUT2D eigenvalue weighted by Gasteiger charge is -2.07. The number of rotatable bonds is 4. The normalized spacial score (nSPS) is 12.5. The fourth-order valence-electron chi connectivity index (χ4n) is 0.414. The number of ether oxygens (including phenoxy) is 1. The molecule has 0 saturated carbocycles. The van der Waals surface area contributed by atoms with Crippen LogP contribution in [0.1, 0.15) is 20.3 Å². The molecule has 0 heterocycles. The highest BCUT2D eigenvalue weighted by Crippen LogP contribution is 2.15. The summed E-state index contributed by atoms with van der Waals surface area (Å²) in [6, 6.07) is 0. The summed E-state index contributed by atoms with van der Waals surface area (Å²) in [5, 5.41) is 0. The van der Waals surface area contributed by atoms with Crippen molar-refractivity contribution in [3.63, 3.8) is 0 Å². The Hall–Kier alpha value is -0.250. The third kappa shape index (κ3) is 9.75. The van der Waals surface area contributed by atoms with Gasteiger partial charge < -0.3 is 4.74 Å². The smallest absolute Gasteiger partial charge is 0.366 e. The number of halogens is 3. The molecule has 11 heavy (non-hydrogen) atoms. The second-order valence-electron chi connectivity index (χ2n) is 2.72. The summed E-state index contributed by atoms with van der Waals surface area (Å²) >= 11 is 0. The average molecular weight is 169 g/mol. The van der Waals surface area contributed by atoms with Crippen LogP contribution in [0.2, 0.25) is 0 Å². The highest BCUT2D eigenvalue weighted by atomic mass is 19.4. The molecule has 0 saturated heterocycles. The molecule has 1 nitrogen and oxygen atoms in total. The third-order valence-electron chi connectivity index (χ3n) is 0.932. The van der Waals surface area contributed by atoms with E-state index in [1.807, 2.05) is 13.8 Å². The Morgan fingerprint density at radius 2 is 1.91 bits per heavy atom. The van der Waals surface area contributed by atoms with E-state index in [1.54, 1.807) is 0 Å². The van der Waals surface area contributed by atoms with Crippen molar-refractivity contribution in [1.29, 1.82) is 0 Å². The lowest BCUT2D eigenvalue weighted by Crippen LogP contribution is -2.16. The SMILES string of the molecule is CC(C)C[CH]OCC(F)(F)F. The predicted octanol–water partition coefficient (Wildman–Crippen LogP) is 2.77. The minimum atomic E-state index is -4.21. The first-order valence-corrected chi connectivity index (χ1v) is 3.42. The standard InChI is InChI=1S/C7H12F3O/c1-6(2)3-4-11-5-7(8,9)10/h4,6H,3,5H2,1-2H3. The highest BCUT2D eigenvalue weighted by molar-refractivity contribution is 4.56. The van der Waals surface area contributed by atoms with Gasteiger partial charge in [-0.15, -0.1) is 0 Å². The highest BCUT2D eigenvalue weighted by Gasteiger charge is 2.27. The zero-order chi connectivity index (χ0) is 8.91. The van der Waals surface area contributed by atoms with Crippen LogP contribution in [0.4, 0.5) is 13.2 Å². The second kappa shape index (κ2) is 4.59. The first kappa shape index (κ1) is 10.8. The Kier molecular flexibility index (Phi) is 4.49. The molecule has 0 aromatic carbocycles. The maximum absolute atomic E-state index is 11.4. The Balaban J connectivity index is 3.15. The van der Waals surface area contributed by atoms with Crippen LogP contribution in [0.25, 0.3) is 0 Å². The van der Waals surface area contributed by atoms with Gasteiger partial charge in [-0.3, -0.25) is 0 Å². The molecular formula is C7H12F3O. The van der Waals surface area contributed by atoms with E-state index in [4.69, 9.17) is 0 Å². The van der Waals surface area contributed by atoms with Crippen molar-refractivity contribution >= 4 is 0 Å². The monoisotopic (exact) mass is 169 g/mol. The molecule has 0 aliphatic carbocycles. The number of hydrogen-bond donors (Lipinski definition) is 0. The average Bonchev–Trinajstić information content (AvgIpc) is 1.78. The van der Waals surface area contributed by atoms with Crippen LogP contribution < -0.4 is 0 Å². The van der Waals surface area contributed by atoms with Crippen molar-refractivity contribution in [1.82, 2.24) is 0 Å². The molecule has 0 rings (SSSR count). The lowest BCUT2D eigenvalue weighted by atomic mass is 10.1. The molecule has 0 bridgehead atoms. The first-order chi connectivity index (χ1) is 4.92. The Morgan fingerprint density at radius 3 is 2.27 bits per heavy atom. The van der Waals surface area contributed by atoms with Crippen molar-refractivity contribution in [3.8, 4) is 0 Å². The van der Waals surface area contributed by atoms with E-state index in [0.29, 0.717) is 12.3 Å². The van der Waals surface area contributed by atoms with Crippen molar-refractivity contribution in [2.24, 2.45) is 5.92 Å². The summed E-state index contributed by atoms with van der Waals surface area (Å²) in [5.41, 5.74) is 0. The lowest BCUT2D eigenvalue weighted by molar-refractivity contribution is -0.166. The Morgan fingerprint density at radius 1 is 1.36 bits per heavy atom. The van der Waals surface area contributed by atoms with E-state index in [1.165, 1.54) is 6.61 Å². The largest absolute Gasteiger partial charge is 0.411 e. The molecule has 0 aliphatic rings. The maximum atomic E-state index is 11.4. The zero-order valence-electron chi connectivity index (χ0n) is 6.61. The van der Waals surface area contributed by atoms with Crippen molar-refractivity contribution in [2.45, 2.75) is 26.4 Å². The fraction of sp³-hybridized carbons (Fsp3) is 0.857. The van der Waals surface area contributed by atoms with Gasteiger partial charge in [-0.1, -0.05) is 13.8 Å². The molecule has 67 valence electrons. The molecule has 0 aromatic heterocycles. The van der Waals surface area contributed by atoms with E-state index in [0.717, 1.165) is 0 Å². The molecule has 4 heteroatoms. The van der Waals surface area contributed by atoms with Crippen LogP contribution in [-0.4, -0.2) is 12.8 Å². The first-order valence-electron chi connectivity index (χ1n) is 3.42. The van der Waals surface area contributed by atoms with Crippen molar-refractivity contribution in [3.05, 3.63) is 6.61 Å². The Labute approximate surface area is 64.5 Å². The van der Waals surface area contributed by atoms with Gasteiger partial charge in [0.05, 0.1) is 6.61 Å². The number of alkyl halides is 3.